The summed E-state index contributed by atoms with van der Waals surface area (Å²) in [5, 5.41) is 0. The lowest BCUT2D eigenvalue weighted by Crippen LogP contribution is -2.34. The van der Waals surface area contributed by atoms with Crippen molar-refractivity contribution >= 4 is 15.9 Å². The molecule has 20 heavy (non-hydrogen) atoms. The molecule has 1 N–H and O–H groups in total. The van der Waals surface area contributed by atoms with Gasteiger partial charge in [0.2, 0.25) is 5.91 Å². The maximum Gasteiger partial charge on any atom is 0.264 e. The van der Waals surface area contributed by atoms with Gasteiger partial charge in [-0.1, -0.05) is 24.3 Å². The molecule has 0 aliphatic heterocycles. The van der Waals surface area contributed by atoms with E-state index in [1.165, 1.54) is 18.4 Å². The van der Waals surface area contributed by atoms with E-state index in [0.29, 0.717) is 18.8 Å². The van der Waals surface area contributed by atoms with Gasteiger partial charge >= 0.3 is 0 Å². The van der Waals surface area contributed by atoms with E-state index in [9.17, 15) is 13.2 Å². The standard InChI is InChI=1S/C15H17NO3S/c17-15(13-3-1-2-4-13)16-20(18,19)14-9-7-12(8-10-14)11-5-6-11/h1-2,7-11,13H,3-6H2,(H,16,17). The smallest absolute Gasteiger partial charge is 0.264 e. The lowest BCUT2D eigenvalue weighted by atomic mass is 10.1. The van der Waals surface area contributed by atoms with Crippen LogP contribution in [0.5, 0.6) is 0 Å². The number of carbonyl (C=O) groups is 1. The molecule has 3 rings (SSSR count). The number of sulfonamides is 1. The number of benzene rings is 1. The van der Waals surface area contributed by atoms with Gasteiger partial charge in [-0.05, 0) is 49.3 Å². The molecule has 0 unspecified atom stereocenters. The maximum absolute atomic E-state index is 12.1. The Hall–Kier alpha value is -1.62. The second-order valence-electron chi connectivity index (χ2n) is 5.45. The SMILES string of the molecule is O=C(NS(=O)(=O)c1ccc(C2CC2)cc1)C1CC=CC1. The molecule has 5 heteroatoms. The first-order valence-electron chi connectivity index (χ1n) is 6.88. The topological polar surface area (TPSA) is 63.2 Å². The lowest BCUT2D eigenvalue weighted by Gasteiger charge is -2.11. The van der Waals surface area contributed by atoms with Crippen LogP contribution in [0.2, 0.25) is 0 Å². The zero-order valence-electron chi connectivity index (χ0n) is 11.1. The summed E-state index contributed by atoms with van der Waals surface area (Å²) in [6.45, 7) is 0. The van der Waals surface area contributed by atoms with Crippen molar-refractivity contribution in [1.82, 2.24) is 4.72 Å². The van der Waals surface area contributed by atoms with Crippen LogP contribution in [0.1, 0.15) is 37.2 Å². The van der Waals surface area contributed by atoms with Crippen LogP contribution >= 0.6 is 0 Å². The highest BCUT2D eigenvalue weighted by Crippen LogP contribution is 2.40. The molecular formula is C15H17NO3S. The van der Waals surface area contributed by atoms with E-state index in [1.54, 1.807) is 12.1 Å². The molecule has 0 bridgehead atoms. The summed E-state index contributed by atoms with van der Waals surface area (Å²) >= 11 is 0. The van der Waals surface area contributed by atoms with Gasteiger partial charge in [-0.2, -0.15) is 0 Å². The molecule has 0 spiro atoms. The number of rotatable bonds is 4. The van der Waals surface area contributed by atoms with Crippen LogP contribution < -0.4 is 4.72 Å². The van der Waals surface area contributed by atoms with E-state index in [0.717, 1.165) is 0 Å². The van der Waals surface area contributed by atoms with E-state index in [-0.39, 0.29) is 10.8 Å². The number of nitrogens with one attached hydrogen (secondary N) is 1. The van der Waals surface area contributed by atoms with Crippen molar-refractivity contribution in [2.45, 2.75) is 36.5 Å². The number of amides is 1. The Bertz CT molecular complexity index is 634. The fraction of sp³-hybridized carbons (Fsp3) is 0.400. The number of carbonyl (C=O) groups excluding carboxylic acids is 1. The molecule has 0 radical (unpaired) electrons. The quantitative estimate of drug-likeness (QED) is 0.866. The van der Waals surface area contributed by atoms with Gasteiger partial charge in [0, 0.05) is 5.92 Å². The average molecular weight is 291 g/mol. The Morgan fingerprint density at radius 2 is 1.65 bits per heavy atom. The highest BCUT2D eigenvalue weighted by Gasteiger charge is 2.26. The normalized spacial score (nSPS) is 19.2. The molecule has 0 heterocycles. The number of hydrogen-bond donors (Lipinski definition) is 1. The van der Waals surface area contributed by atoms with Gasteiger partial charge in [0.25, 0.3) is 10.0 Å². The molecule has 0 saturated heterocycles. The van der Waals surface area contributed by atoms with Gasteiger partial charge < -0.3 is 0 Å². The first-order chi connectivity index (χ1) is 9.56. The highest BCUT2D eigenvalue weighted by atomic mass is 32.2. The van der Waals surface area contributed by atoms with Gasteiger partial charge in [0.1, 0.15) is 0 Å². The second kappa shape index (κ2) is 5.05. The number of allylic oxidation sites excluding steroid dienone is 2. The second-order valence-corrected chi connectivity index (χ2v) is 7.14. The van der Waals surface area contributed by atoms with Crippen LogP contribution in [0.25, 0.3) is 0 Å². The van der Waals surface area contributed by atoms with Crippen molar-refractivity contribution in [2.75, 3.05) is 0 Å². The zero-order chi connectivity index (χ0) is 14.2. The summed E-state index contributed by atoms with van der Waals surface area (Å²) < 4.78 is 26.5. The van der Waals surface area contributed by atoms with Crippen LogP contribution in [-0.4, -0.2) is 14.3 Å². The van der Waals surface area contributed by atoms with E-state index in [4.69, 9.17) is 0 Å². The molecule has 2 aliphatic carbocycles. The third-order valence-corrected chi connectivity index (χ3v) is 5.22. The molecule has 0 atom stereocenters. The van der Waals surface area contributed by atoms with Gasteiger partial charge in [-0.3, -0.25) is 4.79 Å². The molecular weight excluding hydrogens is 274 g/mol. The van der Waals surface area contributed by atoms with Crippen molar-refractivity contribution in [2.24, 2.45) is 5.92 Å². The summed E-state index contributed by atoms with van der Waals surface area (Å²) in [4.78, 5) is 12.0. The lowest BCUT2D eigenvalue weighted by molar-refractivity contribution is -0.122. The van der Waals surface area contributed by atoms with Crippen molar-refractivity contribution in [3.05, 3.63) is 42.0 Å². The van der Waals surface area contributed by atoms with E-state index in [1.807, 2.05) is 24.3 Å². The Balaban J connectivity index is 1.71. The minimum Gasteiger partial charge on any atom is -0.274 e. The predicted molar refractivity (Wildman–Crippen MR) is 75.6 cm³/mol. The highest BCUT2D eigenvalue weighted by molar-refractivity contribution is 7.90. The van der Waals surface area contributed by atoms with Crippen molar-refractivity contribution in [3.63, 3.8) is 0 Å². The van der Waals surface area contributed by atoms with E-state index in [2.05, 4.69) is 4.72 Å². The molecule has 1 aromatic rings. The Kier molecular flexibility index (Phi) is 3.38. The van der Waals surface area contributed by atoms with Crippen LogP contribution in [0.4, 0.5) is 0 Å². The Morgan fingerprint density at radius 1 is 1.05 bits per heavy atom. The predicted octanol–water partition coefficient (Wildman–Crippen LogP) is 2.34. The molecule has 1 aromatic carbocycles. The summed E-state index contributed by atoms with van der Waals surface area (Å²) in [5.74, 6) is -0.0808. The number of hydrogen-bond acceptors (Lipinski definition) is 3. The Labute approximate surface area is 118 Å². The van der Waals surface area contributed by atoms with Gasteiger partial charge in [0.05, 0.1) is 4.90 Å². The largest absolute Gasteiger partial charge is 0.274 e. The van der Waals surface area contributed by atoms with Crippen LogP contribution in [0, 0.1) is 5.92 Å². The monoisotopic (exact) mass is 291 g/mol. The molecule has 2 aliphatic rings. The maximum atomic E-state index is 12.1. The summed E-state index contributed by atoms with van der Waals surface area (Å²) in [7, 11) is -3.75. The summed E-state index contributed by atoms with van der Waals surface area (Å²) in [6, 6.07) is 6.84. The minimum atomic E-state index is -3.75. The van der Waals surface area contributed by atoms with Crippen molar-refractivity contribution in [3.8, 4) is 0 Å². The van der Waals surface area contributed by atoms with Gasteiger partial charge in [-0.25, -0.2) is 13.1 Å². The van der Waals surface area contributed by atoms with Gasteiger partial charge in [-0.15, -0.1) is 0 Å². The van der Waals surface area contributed by atoms with Crippen molar-refractivity contribution in [1.29, 1.82) is 0 Å². The fourth-order valence-electron chi connectivity index (χ4n) is 2.44. The third-order valence-electron chi connectivity index (χ3n) is 3.85. The molecule has 106 valence electrons. The molecule has 0 aromatic heterocycles. The zero-order valence-corrected chi connectivity index (χ0v) is 11.9. The molecule has 1 amide bonds. The van der Waals surface area contributed by atoms with E-state index >= 15 is 0 Å². The molecule has 1 fully saturated rings. The fourth-order valence-corrected chi connectivity index (χ4v) is 3.49. The van der Waals surface area contributed by atoms with E-state index < -0.39 is 15.9 Å². The molecule has 4 nitrogen and oxygen atoms in total. The van der Waals surface area contributed by atoms with Crippen LogP contribution in [0.3, 0.4) is 0 Å². The third kappa shape index (κ3) is 2.77. The van der Waals surface area contributed by atoms with Crippen LogP contribution in [0.15, 0.2) is 41.3 Å². The van der Waals surface area contributed by atoms with Crippen molar-refractivity contribution < 1.29 is 13.2 Å². The minimum absolute atomic E-state index is 0.154. The van der Waals surface area contributed by atoms with Gasteiger partial charge in [0.15, 0.2) is 0 Å². The average Bonchev–Trinajstić information content (AvgIpc) is 3.13. The van der Waals surface area contributed by atoms with Crippen LogP contribution in [-0.2, 0) is 14.8 Å². The first-order valence-corrected chi connectivity index (χ1v) is 8.36. The first kappa shape index (κ1) is 13.4. The molecule has 1 saturated carbocycles. The summed E-state index contributed by atoms with van der Waals surface area (Å²) in [5.41, 5.74) is 1.18. The summed E-state index contributed by atoms with van der Waals surface area (Å²) in [6.07, 6.45) is 7.39. The Morgan fingerprint density at radius 3 is 2.20 bits per heavy atom.